The van der Waals surface area contributed by atoms with Crippen molar-refractivity contribution in [1.29, 1.82) is 0 Å². The number of hydrogen-bond donors (Lipinski definition) is 1. The SMILES string of the molecule is CCc1ccc(N2CCC3NCC(C)(C)C3C2)cc1. The van der Waals surface area contributed by atoms with Gasteiger partial charge in [0.1, 0.15) is 0 Å². The monoisotopic (exact) mass is 258 g/mol. The van der Waals surface area contributed by atoms with E-state index in [1.165, 1.54) is 37.3 Å². The minimum atomic E-state index is 0.437. The Morgan fingerprint density at radius 2 is 2.00 bits per heavy atom. The van der Waals surface area contributed by atoms with Crippen LogP contribution in [-0.2, 0) is 6.42 Å². The van der Waals surface area contributed by atoms with Crippen LogP contribution in [0.3, 0.4) is 0 Å². The number of rotatable bonds is 2. The molecule has 19 heavy (non-hydrogen) atoms. The van der Waals surface area contributed by atoms with Crippen LogP contribution in [0, 0.1) is 11.3 Å². The molecule has 0 radical (unpaired) electrons. The van der Waals surface area contributed by atoms with E-state index < -0.39 is 0 Å². The van der Waals surface area contributed by atoms with Gasteiger partial charge in [-0.2, -0.15) is 0 Å². The van der Waals surface area contributed by atoms with Gasteiger partial charge in [-0.05, 0) is 41.9 Å². The third-order valence-electron chi connectivity index (χ3n) is 5.15. The lowest BCUT2D eigenvalue weighted by atomic mass is 9.76. The van der Waals surface area contributed by atoms with Crippen molar-refractivity contribution in [3.8, 4) is 0 Å². The van der Waals surface area contributed by atoms with Crippen LogP contribution >= 0.6 is 0 Å². The summed E-state index contributed by atoms with van der Waals surface area (Å²) < 4.78 is 0. The smallest absolute Gasteiger partial charge is 0.0366 e. The molecule has 0 spiro atoms. The van der Waals surface area contributed by atoms with Crippen LogP contribution in [0.2, 0.25) is 0 Å². The zero-order chi connectivity index (χ0) is 13.5. The Morgan fingerprint density at radius 3 is 2.68 bits per heavy atom. The second kappa shape index (κ2) is 4.82. The van der Waals surface area contributed by atoms with Crippen LogP contribution in [0.5, 0.6) is 0 Å². The second-order valence-electron chi connectivity index (χ2n) is 6.84. The largest absolute Gasteiger partial charge is 0.371 e. The Hall–Kier alpha value is -1.02. The predicted molar refractivity (Wildman–Crippen MR) is 81.7 cm³/mol. The van der Waals surface area contributed by atoms with Crippen LogP contribution in [0.4, 0.5) is 5.69 Å². The summed E-state index contributed by atoms with van der Waals surface area (Å²) in [6.45, 7) is 10.6. The van der Waals surface area contributed by atoms with Gasteiger partial charge in [0.25, 0.3) is 0 Å². The molecule has 2 aliphatic rings. The molecule has 0 saturated carbocycles. The number of nitrogens with one attached hydrogen (secondary N) is 1. The lowest BCUT2D eigenvalue weighted by molar-refractivity contribution is 0.237. The Kier molecular flexibility index (Phi) is 3.30. The molecule has 2 unspecified atom stereocenters. The van der Waals surface area contributed by atoms with Gasteiger partial charge in [0.2, 0.25) is 0 Å². The Labute approximate surface area is 117 Å². The van der Waals surface area contributed by atoms with Crippen molar-refractivity contribution >= 4 is 5.69 Å². The molecular weight excluding hydrogens is 232 g/mol. The normalized spacial score (nSPS) is 29.3. The Bertz CT molecular complexity index is 435. The third kappa shape index (κ3) is 2.38. The first-order chi connectivity index (χ1) is 9.10. The highest BCUT2D eigenvalue weighted by atomic mass is 15.2. The summed E-state index contributed by atoms with van der Waals surface area (Å²) in [7, 11) is 0. The zero-order valence-corrected chi connectivity index (χ0v) is 12.4. The van der Waals surface area contributed by atoms with E-state index in [1.54, 1.807) is 0 Å². The number of aryl methyl sites for hydroxylation is 1. The van der Waals surface area contributed by atoms with Crippen LogP contribution < -0.4 is 10.2 Å². The van der Waals surface area contributed by atoms with Crippen LogP contribution in [0.25, 0.3) is 0 Å². The molecule has 2 heteroatoms. The maximum atomic E-state index is 3.71. The van der Waals surface area contributed by atoms with Gasteiger partial charge in [0.05, 0.1) is 0 Å². The minimum absolute atomic E-state index is 0.437. The molecule has 2 heterocycles. The topological polar surface area (TPSA) is 15.3 Å². The maximum absolute atomic E-state index is 3.71. The van der Waals surface area contributed by atoms with Crippen molar-refractivity contribution in [2.75, 3.05) is 24.5 Å². The van der Waals surface area contributed by atoms with Crippen molar-refractivity contribution in [3.05, 3.63) is 29.8 Å². The van der Waals surface area contributed by atoms with Gasteiger partial charge in [-0.15, -0.1) is 0 Å². The maximum Gasteiger partial charge on any atom is 0.0366 e. The number of benzene rings is 1. The van der Waals surface area contributed by atoms with E-state index in [9.17, 15) is 0 Å². The standard InChI is InChI=1S/C17H26N2/c1-4-13-5-7-14(8-6-13)19-10-9-16-15(11-19)17(2,3)12-18-16/h5-8,15-16,18H,4,9-12H2,1-3H3. The molecule has 3 rings (SSSR count). The fourth-order valence-electron chi connectivity index (χ4n) is 3.69. The molecule has 2 atom stereocenters. The van der Waals surface area contributed by atoms with Crippen molar-refractivity contribution in [2.24, 2.45) is 11.3 Å². The van der Waals surface area contributed by atoms with Gasteiger partial charge in [0.15, 0.2) is 0 Å². The number of hydrogen-bond acceptors (Lipinski definition) is 2. The first-order valence-corrected chi connectivity index (χ1v) is 7.67. The van der Waals surface area contributed by atoms with Crippen LogP contribution in [0.1, 0.15) is 32.8 Å². The van der Waals surface area contributed by atoms with E-state index in [-0.39, 0.29) is 0 Å². The Balaban J connectivity index is 1.75. The summed E-state index contributed by atoms with van der Waals surface area (Å²) in [5.74, 6) is 0.784. The number of fused-ring (bicyclic) bond motifs is 1. The summed E-state index contributed by atoms with van der Waals surface area (Å²) in [6, 6.07) is 9.89. The fourth-order valence-corrected chi connectivity index (χ4v) is 3.69. The number of piperidine rings is 1. The van der Waals surface area contributed by atoms with Gasteiger partial charge in [-0.25, -0.2) is 0 Å². The van der Waals surface area contributed by atoms with Crippen molar-refractivity contribution in [1.82, 2.24) is 5.32 Å². The van der Waals surface area contributed by atoms with Gasteiger partial charge in [-0.3, -0.25) is 0 Å². The molecule has 2 nitrogen and oxygen atoms in total. The second-order valence-corrected chi connectivity index (χ2v) is 6.84. The average Bonchev–Trinajstić information content (AvgIpc) is 2.74. The summed E-state index contributed by atoms with van der Waals surface area (Å²) >= 11 is 0. The highest BCUT2D eigenvalue weighted by Crippen LogP contribution is 2.39. The highest BCUT2D eigenvalue weighted by Gasteiger charge is 2.44. The number of nitrogens with zero attached hydrogens (tertiary/aromatic N) is 1. The molecule has 2 saturated heterocycles. The summed E-state index contributed by atoms with van der Waals surface area (Å²) in [5.41, 5.74) is 3.27. The van der Waals surface area contributed by atoms with E-state index in [4.69, 9.17) is 0 Å². The number of anilines is 1. The molecule has 0 amide bonds. The molecule has 0 bridgehead atoms. The van der Waals surface area contributed by atoms with Gasteiger partial charge < -0.3 is 10.2 Å². The van der Waals surface area contributed by atoms with Gasteiger partial charge in [-0.1, -0.05) is 32.9 Å². The first kappa shape index (κ1) is 13.0. The van der Waals surface area contributed by atoms with Gasteiger partial charge in [0, 0.05) is 31.4 Å². The molecule has 1 aromatic rings. The molecule has 104 valence electrons. The quantitative estimate of drug-likeness (QED) is 0.877. The molecule has 2 fully saturated rings. The lowest BCUT2D eigenvalue weighted by Crippen LogP contribution is -2.47. The third-order valence-corrected chi connectivity index (χ3v) is 5.15. The van der Waals surface area contributed by atoms with E-state index in [0.29, 0.717) is 5.41 Å². The summed E-state index contributed by atoms with van der Waals surface area (Å²) in [6.07, 6.45) is 2.41. The molecule has 1 N–H and O–H groups in total. The Morgan fingerprint density at radius 1 is 1.26 bits per heavy atom. The summed E-state index contributed by atoms with van der Waals surface area (Å²) in [5, 5.41) is 3.71. The highest BCUT2D eigenvalue weighted by molar-refractivity contribution is 5.48. The van der Waals surface area contributed by atoms with E-state index in [1.807, 2.05) is 0 Å². The summed E-state index contributed by atoms with van der Waals surface area (Å²) in [4.78, 5) is 2.58. The zero-order valence-electron chi connectivity index (χ0n) is 12.4. The molecule has 0 aromatic heterocycles. The molecule has 1 aromatic carbocycles. The molecule has 0 aliphatic carbocycles. The van der Waals surface area contributed by atoms with Crippen LogP contribution in [0.15, 0.2) is 24.3 Å². The first-order valence-electron chi connectivity index (χ1n) is 7.67. The fraction of sp³-hybridized carbons (Fsp3) is 0.647. The molecular formula is C17H26N2. The van der Waals surface area contributed by atoms with Crippen molar-refractivity contribution < 1.29 is 0 Å². The predicted octanol–water partition coefficient (Wildman–Crippen LogP) is 3.07. The van der Waals surface area contributed by atoms with Crippen molar-refractivity contribution in [3.63, 3.8) is 0 Å². The molecule has 2 aliphatic heterocycles. The van der Waals surface area contributed by atoms with Crippen molar-refractivity contribution in [2.45, 2.75) is 39.7 Å². The average molecular weight is 258 g/mol. The lowest BCUT2D eigenvalue weighted by Gasteiger charge is -2.40. The van der Waals surface area contributed by atoms with E-state index >= 15 is 0 Å². The van der Waals surface area contributed by atoms with E-state index in [2.05, 4.69) is 55.3 Å². The van der Waals surface area contributed by atoms with Crippen LogP contribution in [-0.4, -0.2) is 25.7 Å². The van der Waals surface area contributed by atoms with E-state index in [0.717, 1.165) is 18.4 Å². The minimum Gasteiger partial charge on any atom is -0.371 e. The van der Waals surface area contributed by atoms with Gasteiger partial charge >= 0.3 is 0 Å².